The van der Waals surface area contributed by atoms with E-state index in [9.17, 15) is 18.0 Å². The maximum absolute atomic E-state index is 11.8. The third kappa shape index (κ3) is 11.1. The Labute approximate surface area is 92.3 Å². The Kier molecular flexibility index (Phi) is 6.87. The van der Waals surface area contributed by atoms with Gasteiger partial charge < -0.3 is 15.8 Å². The largest absolute Gasteiger partial charge is 0.448 e. The van der Waals surface area contributed by atoms with Crippen molar-refractivity contribution in [1.29, 1.82) is 0 Å². The van der Waals surface area contributed by atoms with Crippen molar-refractivity contribution < 1.29 is 22.7 Å². The Morgan fingerprint density at radius 1 is 1.50 bits per heavy atom. The highest BCUT2D eigenvalue weighted by atomic mass is 19.4. The van der Waals surface area contributed by atoms with E-state index < -0.39 is 18.7 Å². The van der Waals surface area contributed by atoms with Gasteiger partial charge >= 0.3 is 12.3 Å². The summed E-state index contributed by atoms with van der Waals surface area (Å²) >= 11 is 0. The molecule has 7 heteroatoms. The molecule has 0 saturated carbocycles. The first-order chi connectivity index (χ1) is 7.31. The first kappa shape index (κ1) is 15.0. The summed E-state index contributed by atoms with van der Waals surface area (Å²) in [6.07, 6.45) is -5.19. The van der Waals surface area contributed by atoms with Crippen LogP contribution < -0.4 is 11.1 Å². The van der Waals surface area contributed by atoms with E-state index in [1.807, 2.05) is 0 Å². The van der Waals surface area contributed by atoms with Gasteiger partial charge in [-0.3, -0.25) is 0 Å². The second-order valence-electron chi connectivity index (χ2n) is 3.53. The second kappa shape index (κ2) is 7.32. The molecule has 0 spiro atoms. The summed E-state index contributed by atoms with van der Waals surface area (Å²) in [4.78, 5) is 10.2. The Morgan fingerprint density at radius 3 is 2.62 bits per heavy atom. The molecule has 0 aromatic carbocycles. The van der Waals surface area contributed by atoms with Gasteiger partial charge in [0.2, 0.25) is 0 Å². The molecule has 0 aromatic heterocycles. The van der Waals surface area contributed by atoms with Gasteiger partial charge in [-0.25, -0.2) is 4.79 Å². The second-order valence-corrected chi connectivity index (χ2v) is 3.53. The number of hydrogen-bond acceptors (Lipinski definition) is 3. The lowest BCUT2D eigenvalue weighted by molar-refractivity contribution is -0.135. The Morgan fingerprint density at radius 2 is 2.12 bits per heavy atom. The number of nitrogens with one attached hydrogen (secondary N) is 1. The van der Waals surface area contributed by atoms with Crippen molar-refractivity contribution in [3.8, 4) is 0 Å². The number of amides is 1. The minimum Gasteiger partial charge on any atom is -0.448 e. The maximum Gasteiger partial charge on any atom is 0.404 e. The number of halogens is 3. The van der Waals surface area contributed by atoms with E-state index in [1.54, 1.807) is 6.92 Å². The standard InChI is InChI=1S/C9H17F3N2O2/c1-7(3-2-4-9(10,11)12)14-5-6-16-8(13)15/h7,14H,2-6H2,1H3,(H2,13,15). The van der Waals surface area contributed by atoms with Crippen molar-refractivity contribution in [3.63, 3.8) is 0 Å². The van der Waals surface area contributed by atoms with Crippen LogP contribution in [0.15, 0.2) is 0 Å². The Bertz CT molecular complexity index is 209. The molecular weight excluding hydrogens is 225 g/mol. The summed E-state index contributed by atoms with van der Waals surface area (Å²) in [7, 11) is 0. The monoisotopic (exact) mass is 242 g/mol. The zero-order valence-electron chi connectivity index (χ0n) is 9.14. The van der Waals surface area contributed by atoms with Gasteiger partial charge in [0.15, 0.2) is 0 Å². The van der Waals surface area contributed by atoms with Gasteiger partial charge in [-0.15, -0.1) is 0 Å². The van der Waals surface area contributed by atoms with Crippen LogP contribution in [0, 0.1) is 0 Å². The lowest BCUT2D eigenvalue weighted by atomic mass is 10.1. The van der Waals surface area contributed by atoms with Crippen LogP contribution in [0.1, 0.15) is 26.2 Å². The summed E-state index contributed by atoms with van der Waals surface area (Å²) in [5, 5.41) is 2.92. The molecule has 0 bridgehead atoms. The van der Waals surface area contributed by atoms with Gasteiger partial charge in [0, 0.05) is 19.0 Å². The van der Waals surface area contributed by atoms with Crippen molar-refractivity contribution in [2.75, 3.05) is 13.2 Å². The van der Waals surface area contributed by atoms with Gasteiger partial charge in [0.25, 0.3) is 0 Å². The molecule has 4 nitrogen and oxygen atoms in total. The number of hydrogen-bond donors (Lipinski definition) is 2. The minimum atomic E-state index is -4.09. The van der Waals surface area contributed by atoms with Crippen LogP contribution in [0.2, 0.25) is 0 Å². The van der Waals surface area contributed by atoms with E-state index in [2.05, 4.69) is 10.1 Å². The molecule has 0 heterocycles. The minimum absolute atomic E-state index is 0.0428. The topological polar surface area (TPSA) is 64.3 Å². The number of nitrogens with two attached hydrogens (primary N) is 1. The predicted octanol–water partition coefficient (Wildman–Crippen LogP) is 1.79. The number of carbonyl (C=O) groups is 1. The van der Waals surface area contributed by atoms with E-state index in [4.69, 9.17) is 5.73 Å². The average Bonchev–Trinajstić information content (AvgIpc) is 2.10. The molecule has 1 unspecified atom stereocenters. The van der Waals surface area contributed by atoms with Crippen molar-refractivity contribution in [1.82, 2.24) is 5.32 Å². The fourth-order valence-electron chi connectivity index (χ4n) is 1.17. The first-order valence-electron chi connectivity index (χ1n) is 5.03. The number of primary amides is 1. The molecule has 1 amide bonds. The van der Waals surface area contributed by atoms with Crippen molar-refractivity contribution in [3.05, 3.63) is 0 Å². The SMILES string of the molecule is CC(CCCC(F)(F)F)NCCOC(N)=O. The molecule has 0 aromatic rings. The average molecular weight is 242 g/mol. The van der Waals surface area contributed by atoms with E-state index in [0.29, 0.717) is 13.0 Å². The third-order valence-electron chi connectivity index (χ3n) is 1.94. The van der Waals surface area contributed by atoms with Gasteiger partial charge in [0.05, 0.1) is 0 Å². The summed E-state index contributed by atoms with van der Waals surface area (Å²) in [5.41, 5.74) is 4.72. The van der Waals surface area contributed by atoms with Gasteiger partial charge in [0.1, 0.15) is 6.61 Å². The normalized spacial score (nSPS) is 13.5. The number of carbonyl (C=O) groups excluding carboxylic acids is 1. The summed E-state index contributed by atoms with van der Waals surface area (Å²) < 4.78 is 39.9. The zero-order chi connectivity index (χ0) is 12.6. The molecule has 0 saturated heterocycles. The lowest BCUT2D eigenvalue weighted by Gasteiger charge is -2.14. The van der Waals surface area contributed by atoms with Crippen LogP contribution >= 0.6 is 0 Å². The summed E-state index contributed by atoms with van der Waals surface area (Å²) in [6.45, 7) is 2.29. The van der Waals surface area contributed by atoms with E-state index in [-0.39, 0.29) is 19.1 Å². The van der Waals surface area contributed by atoms with Crippen molar-refractivity contribution in [2.45, 2.75) is 38.4 Å². The van der Waals surface area contributed by atoms with Gasteiger partial charge in [-0.2, -0.15) is 13.2 Å². The first-order valence-corrected chi connectivity index (χ1v) is 5.03. The zero-order valence-corrected chi connectivity index (χ0v) is 9.14. The van der Waals surface area contributed by atoms with E-state index >= 15 is 0 Å². The quantitative estimate of drug-likeness (QED) is 0.669. The molecule has 0 rings (SSSR count). The van der Waals surface area contributed by atoms with Crippen LogP contribution in [0.5, 0.6) is 0 Å². The predicted molar refractivity (Wildman–Crippen MR) is 52.9 cm³/mol. The van der Waals surface area contributed by atoms with E-state index in [0.717, 1.165) is 0 Å². The van der Waals surface area contributed by atoms with Crippen molar-refractivity contribution >= 4 is 6.09 Å². The fraction of sp³-hybridized carbons (Fsp3) is 0.889. The number of alkyl halides is 3. The van der Waals surface area contributed by atoms with Crippen LogP contribution in [0.3, 0.4) is 0 Å². The fourth-order valence-corrected chi connectivity index (χ4v) is 1.17. The van der Waals surface area contributed by atoms with E-state index in [1.165, 1.54) is 0 Å². The highest BCUT2D eigenvalue weighted by Crippen LogP contribution is 2.22. The molecule has 0 aliphatic heterocycles. The molecular formula is C9H17F3N2O2. The van der Waals surface area contributed by atoms with Crippen LogP contribution in [0.25, 0.3) is 0 Å². The van der Waals surface area contributed by atoms with Gasteiger partial charge in [-0.1, -0.05) is 0 Å². The molecule has 0 aliphatic carbocycles. The van der Waals surface area contributed by atoms with Crippen LogP contribution in [0.4, 0.5) is 18.0 Å². The molecule has 3 N–H and O–H groups in total. The summed E-state index contributed by atoms with van der Waals surface area (Å²) in [6, 6.07) is -0.0428. The number of ether oxygens (including phenoxy) is 1. The smallest absolute Gasteiger partial charge is 0.404 e. The Balaban J connectivity index is 3.38. The maximum atomic E-state index is 11.8. The van der Waals surface area contributed by atoms with Crippen molar-refractivity contribution in [2.24, 2.45) is 5.73 Å². The van der Waals surface area contributed by atoms with Crippen LogP contribution in [-0.4, -0.2) is 31.5 Å². The molecule has 1 atom stereocenters. The number of rotatable bonds is 7. The molecule has 0 aliphatic rings. The third-order valence-corrected chi connectivity index (χ3v) is 1.94. The Hall–Kier alpha value is -0.980. The highest BCUT2D eigenvalue weighted by molar-refractivity contribution is 5.64. The molecule has 96 valence electrons. The molecule has 0 fully saturated rings. The van der Waals surface area contributed by atoms with Crippen LogP contribution in [-0.2, 0) is 4.74 Å². The lowest BCUT2D eigenvalue weighted by Crippen LogP contribution is -2.31. The highest BCUT2D eigenvalue weighted by Gasteiger charge is 2.26. The van der Waals surface area contributed by atoms with Gasteiger partial charge in [-0.05, 0) is 19.8 Å². The molecule has 16 heavy (non-hydrogen) atoms. The summed E-state index contributed by atoms with van der Waals surface area (Å²) in [5.74, 6) is 0. The molecule has 0 radical (unpaired) electrons.